The molecule has 2 N–H and O–H groups in total. The zero-order valence-corrected chi connectivity index (χ0v) is 10.1. The summed E-state index contributed by atoms with van der Waals surface area (Å²) < 4.78 is 4.87. The predicted octanol–water partition coefficient (Wildman–Crippen LogP) is 2.26. The first-order valence-electron chi connectivity index (χ1n) is 5.53. The van der Waals surface area contributed by atoms with E-state index in [1.807, 2.05) is 25.1 Å². The van der Waals surface area contributed by atoms with Crippen molar-refractivity contribution in [2.24, 2.45) is 5.73 Å². The first-order valence-corrected chi connectivity index (χ1v) is 5.53. The van der Waals surface area contributed by atoms with Crippen LogP contribution >= 0.6 is 0 Å². The lowest BCUT2D eigenvalue weighted by Crippen LogP contribution is -2.17. The number of benzene rings is 1. The van der Waals surface area contributed by atoms with Gasteiger partial charge in [-0.2, -0.15) is 0 Å². The molecular formula is C13H19NO2. The minimum absolute atomic E-state index is 0.232. The number of hydrogen-bond acceptors (Lipinski definition) is 3. The van der Waals surface area contributed by atoms with Gasteiger partial charge in [-0.1, -0.05) is 18.2 Å². The van der Waals surface area contributed by atoms with E-state index in [1.165, 1.54) is 11.1 Å². The number of carbonyl (C=O) groups excluding carboxylic acids is 1. The third-order valence-electron chi connectivity index (χ3n) is 2.65. The molecule has 0 fully saturated rings. The van der Waals surface area contributed by atoms with E-state index in [9.17, 15) is 4.79 Å². The highest BCUT2D eigenvalue weighted by atomic mass is 16.5. The van der Waals surface area contributed by atoms with Gasteiger partial charge < -0.3 is 10.5 Å². The van der Waals surface area contributed by atoms with Crippen molar-refractivity contribution < 1.29 is 9.53 Å². The molecule has 0 bridgehead atoms. The summed E-state index contributed by atoms with van der Waals surface area (Å²) in [4.78, 5) is 11.3. The highest BCUT2D eigenvalue weighted by Crippen LogP contribution is 2.18. The Morgan fingerprint density at radius 3 is 2.62 bits per heavy atom. The number of ether oxygens (including phenoxy) is 1. The van der Waals surface area contributed by atoms with Gasteiger partial charge in [-0.05, 0) is 37.5 Å². The number of nitrogens with two attached hydrogens (primary N) is 1. The Hall–Kier alpha value is -1.35. The monoisotopic (exact) mass is 221 g/mol. The van der Waals surface area contributed by atoms with Crippen LogP contribution in [-0.2, 0) is 9.53 Å². The molecule has 0 heterocycles. The van der Waals surface area contributed by atoms with E-state index in [0.717, 1.165) is 5.56 Å². The van der Waals surface area contributed by atoms with Crippen molar-refractivity contribution in [1.29, 1.82) is 0 Å². The maximum Gasteiger partial charge on any atom is 0.307 e. The van der Waals surface area contributed by atoms with Crippen LogP contribution < -0.4 is 5.73 Å². The number of aryl methyl sites for hydroxylation is 2. The van der Waals surface area contributed by atoms with Crippen LogP contribution in [0.5, 0.6) is 0 Å². The fraction of sp³-hybridized carbons (Fsp3) is 0.462. The molecule has 3 heteroatoms. The Labute approximate surface area is 96.6 Å². The van der Waals surface area contributed by atoms with Gasteiger partial charge >= 0.3 is 5.97 Å². The molecule has 1 aromatic carbocycles. The highest BCUT2D eigenvalue weighted by Gasteiger charge is 2.12. The van der Waals surface area contributed by atoms with Gasteiger partial charge in [-0.15, -0.1) is 0 Å². The van der Waals surface area contributed by atoms with Crippen molar-refractivity contribution >= 4 is 5.97 Å². The lowest BCUT2D eigenvalue weighted by molar-refractivity contribution is -0.143. The quantitative estimate of drug-likeness (QED) is 0.793. The first-order chi connectivity index (χ1) is 7.54. The molecule has 88 valence electrons. The third kappa shape index (κ3) is 3.35. The van der Waals surface area contributed by atoms with Gasteiger partial charge in [0.2, 0.25) is 0 Å². The molecule has 0 aliphatic rings. The molecule has 0 saturated carbocycles. The Morgan fingerprint density at radius 1 is 1.38 bits per heavy atom. The Bertz CT molecular complexity index is 374. The summed E-state index contributed by atoms with van der Waals surface area (Å²) in [5.41, 5.74) is 9.35. The zero-order chi connectivity index (χ0) is 12.1. The van der Waals surface area contributed by atoms with Gasteiger partial charge in [-0.25, -0.2) is 0 Å². The number of hydrogen-bond donors (Lipinski definition) is 1. The standard InChI is InChI=1S/C13H19NO2/c1-4-16-13(15)8-12(14)11-6-5-9(2)10(3)7-11/h5-7,12H,4,8,14H2,1-3H3/t12-/m1/s1. The average Bonchev–Trinajstić information content (AvgIpc) is 2.22. The van der Waals surface area contributed by atoms with Crippen LogP contribution in [0.25, 0.3) is 0 Å². The molecule has 0 aromatic heterocycles. The maximum atomic E-state index is 11.3. The van der Waals surface area contributed by atoms with Crippen molar-refractivity contribution in [3.8, 4) is 0 Å². The second-order valence-corrected chi connectivity index (χ2v) is 3.96. The summed E-state index contributed by atoms with van der Waals surface area (Å²) in [6.07, 6.45) is 0.232. The molecule has 0 amide bonds. The normalized spacial score (nSPS) is 12.2. The van der Waals surface area contributed by atoms with Crippen LogP contribution in [0.15, 0.2) is 18.2 Å². The Morgan fingerprint density at radius 2 is 2.06 bits per heavy atom. The summed E-state index contributed by atoms with van der Waals surface area (Å²) in [5.74, 6) is -0.242. The van der Waals surface area contributed by atoms with Crippen LogP contribution in [0.1, 0.15) is 36.1 Å². The SMILES string of the molecule is CCOC(=O)C[C@@H](N)c1ccc(C)c(C)c1. The van der Waals surface area contributed by atoms with Gasteiger partial charge in [0.1, 0.15) is 0 Å². The number of carbonyl (C=O) groups is 1. The molecule has 0 unspecified atom stereocenters. The Balaban J connectivity index is 2.69. The van der Waals surface area contributed by atoms with Crippen molar-refractivity contribution in [2.75, 3.05) is 6.61 Å². The van der Waals surface area contributed by atoms with E-state index in [1.54, 1.807) is 6.92 Å². The van der Waals surface area contributed by atoms with Gasteiger partial charge in [0.15, 0.2) is 0 Å². The largest absolute Gasteiger partial charge is 0.466 e. The summed E-state index contributed by atoms with van der Waals surface area (Å²) in [6.45, 7) is 6.28. The lowest BCUT2D eigenvalue weighted by atomic mass is 10.00. The van der Waals surface area contributed by atoms with Gasteiger partial charge in [-0.3, -0.25) is 4.79 Å². The van der Waals surface area contributed by atoms with Crippen molar-refractivity contribution in [2.45, 2.75) is 33.2 Å². The number of esters is 1. The van der Waals surface area contributed by atoms with E-state index in [4.69, 9.17) is 10.5 Å². The van der Waals surface area contributed by atoms with Crippen LogP contribution in [0, 0.1) is 13.8 Å². The minimum Gasteiger partial charge on any atom is -0.466 e. The molecule has 0 aliphatic carbocycles. The molecule has 3 nitrogen and oxygen atoms in total. The third-order valence-corrected chi connectivity index (χ3v) is 2.65. The molecule has 0 aliphatic heterocycles. The summed E-state index contributed by atoms with van der Waals surface area (Å²) >= 11 is 0. The summed E-state index contributed by atoms with van der Waals surface area (Å²) in [5, 5.41) is 0. The van der Waals surface area contributed by atoms with E-state index < -0.39 is 0 Å². The minimum atomic E-state index is -0.279. The summed E-state index contributed by atoms with van der Waals surface area (Å²) in [7, 11) is 0. The van der Waals surface area contributed by atoms with Crippen LogP contribution in [0.2, 0.25) is 0 Å². The Kier molecular flexibility index (Phi) is 4.50. The zero-order valence-electron chi connectivity index (χ0n) is 10.1. The molecular weight excluding hydrogens is 202 g/mol. The van der Waals surface area contributed by atoms with E-state index in [-0.39, 0.29) is 18.4 Å². The van der Waals surface area contributed by atoms with E-state index in [0.29, 0.717) is 6.61 Å². The van der Waals surface area contributed by atoms with Crippen molar-refractivity contribution in [3.63, 3.8) is 0 Å². The number of rotatable bonds is 4. The molecule has 1 aromatic rings. The molecule has 1 atom stereocenters. The lowest BCUT2D eigenvalue weighted by Gasteiger charge is -2.12. The molecule has 16 heavy (non-hydrogen) atoms. The fourth-order valence-corrected chi connectivity index (χ4v) is 1.51. The van der Waals surface area contributed by atoms with Gasteiger partial charge in [0, 0.05) is 6.04 Å². The first kappa shape index (κ1) is 12.7. The van der Waals surface area contributed by atoms with E-state index in [2.05, 4.69) is 6.92 Å². The molecule has 0 spiro atoms. The maximum absolute atomic E-state index is 11.3. The van der Waals surface area contributed by atoms with E-state index >= 15 is 0 Å². The average molecular weight is 221 g/mol. The molecule has 1 rings (SSSR count). The van der Waals surface area contributed by atoms with Crippen LogP contribution in [0.3, 0.4) is 0 Å². The molecule has 0 radical (unpaired) electrons. The fourth-order valence-electron chi connectivity index (χ4n) is 1.51. The molecule has 0 saturated heterocycles. The van der Waals surface area contributed by atoms with Crippen molar-refractivity contribution in [1.82, 2.24) is 0 Å². The predicted molar refractivity (Wildman–Crippen MR) is 64.1 cm³/mol. The van der Waals surface area contributed by atoms with Crippen LogP contribution in [-0.4, -0.2) is 12.6 Å². The topological polar surface area (TPSA) is 52.3 Å². The summed E-state index contributed by atoms with van der Waals surface area (Å²) in [6, 6.07) is 5.74. The second kappa shape index (κ2) is 5.66. The smallest absolute Gasteiger partial charge is 0.307 e. The highest BCUT2D eigenvalue weighted by molar-refractivity contribution is 5.70. The van der Waals surface area contributed by atoms with Crippen LogP contribution in [0.4, 0.5) is 0 Å². The second-order valence-electron chi connectivity index (χ2n) is 3.96. The van der Waals surface area contributed by atoms with Gasteiger partial charge in [0.25, 0.3) is 0 Å². The van der Waals surface area contributed by atoms with Gasteiger partial charge in [0.05, 0.1) is 13.0 Å². The van der Waals surface area contributed by atoms with Crippen molar-refractivity contribution in [3.05, 3.63) is 34.9 Å².